The molecule has 0 unspecified atom stereocenters. The molecule has 5 heteroatoms. The second kappa shape index (κ2) is 6.12. The van der Waals surface area contributed by atoms with Crippen LogP contribution in [0.25, 0.3) is 0 Å². The Morgan fingerprint density at radius 1 is 1.37 bits per heavy atom. The number of hydrogen-bond acceptors (Lipinski definition) is 3. The lowest BCUT2D eigenvalue weighted by atomic mass is 10.2. The molecule has 2 aromatic rings. The summed E-state index contributed by atoms with van der Waals surface area (Å²) >= 11 is 8.48. The number of hydrogen-bond donors (Lipinski definition) is 1. The molecule has 0 aliphatic carbocycles. The molecule has 0 amide bonds. The summed E-state index contributed by atoms with van der Waals surface area (Å²) in [5, 5.41) is 0. The van der Waals surface area contributed by atoms with Crippen molar-refractivity contribution in [1.29, 1.82) is 0 Å². The molecule has 0 spiro atoms. The van der Waals surface area contributed by atoms with Crippen LogP contribution < -0.4 is 10.6 Å². The van der Waals surface area contributed by atoms with E-state index in [-0.39, 0.29) is 0 Å². The van der Waals surface area contributed by atoms with Gasteiger partial charge in [-0.2, -0.15) is 0 Å². The second-order valence-corrected chi connectivity index (χ2v) is 5.50. The van der Waals surface area contributed by atoms with Crippen molar-refractivity contribution in [3.05, 3.63) is 58.3 Å². The van der Waals surface area contributed by atoms with Crippen LogP contribution in [0.1, 0.15) is 11.3 Å². The molecular weight excluding hydrogens is 322 g/mol. The fourth-order valence-corrected chi connectivity index (χ4v) is 2.66. The van der Waals surface area contributed by atoms with Crippen molar-refractivity contribution < 1.29 is 0 Å². The fraction of sp³-hybridized carbons (Fsp3) is 0.143. The predicted octanol–water partition coefficient (Wildman–Crippen LogP) is 3.11. The van der Waals surface area contributed by atoms with Gasteiger partial charge >= 0.3 is 0 Å². The molecule has 0 aliphatic heterocycles. The van der Waals surface area contributed by atoms with Crippen LogP contribution in [0.4, 0.5) is 5.69 Å². The lowest BCUT2D eigenvalue weighted by molar-refractivity contribution is 0.884. The maximum absolute atomic E-state index is 5.64. The third-order valence-corrected chi connectivity index (χ3v) is 3.66. The van der Waals surface area contributed by atoms with Crippen molar-refractivity contribution in [2.24, 2.45) is 5.73 Å². The number of benzene rings is 1. The van der Waals surface area contributed by atoms with Gasteiger partial charge in [-0.3, -0.25) is 4.98 Å². The maximum atomic E-state index is 5.64. The van der Waals surface area contributed by atoms with E-state index in [2.05, 4.69) is 25.8 Å². The van der Waals surface area contributed by atoms with Crippen LogP contribution >= 0.6 is 28.1 Å². The molecule has 3 nitrogen and oxygen atoms in total. The van der Waals surface area contributed by atoms with E-state index in [1.54, 1.807) is 6.20 Å². The van der Waals surface area contributed by atoms with Crippen molar-refractivity contribution in [3.63, 3.8) is 0 Å². The van der Waals surface area contributed by atoms with Gasteiger partial charge in [0.15, 0.2) is 0 Å². The van der Waals surface area contributed by atoms with Gasteiger partial charge in [0, 0.05) is 29.0 Å². The Kier molecular flexibility index (Phi) is 4.50. The molecule has 1 aromatic heterocycles. The summed E-state index contributed by atoms with van der Waals surface area (Å²) in [6.45, 7) is 0.750. The van der Waals surface area contributed by atoms with Crippen LogP contribution in [0.2, 0.25) is 0 Å². The number of thiocarbonyl (C=S) groups is 1. The van der Waals surface area contributed by atoms with Crippen LogP contribution in [-0.4, -0.2) is 17.0 Å². The molecule has 0 aliphatic rings. The minimum Gasteiger partial charge on any atom is -0.389 e. The van der Waals surface area contributed by atoms with E-state index in [0.29, 0.717) is 4.99 Å². The number of anilines is 1. The van der Waals surface area contributed by atoms with Gasteiger partial charge in [0.2, 0.25) is 0 Å². The first-order valence-electron chi connectivity index (χ1n) is 5.78. The zero-order valence-corrected chi connectivity index (χ0v) is 12.9. The quantitative estimate of drug-likeness (QED) is 0.871. The van der Waals surface area contributed by atoms with E-state index in [9.17, 15) is 0 Å². The first kappa shape index (κ1) is 14.0. The molecule has 2 rings (SSSR count). The molecule has 1 heterocycles. The summed E-state index contributed by atoms with van der Waals surface area (Å²) in [6, 6.07) is 11.9. The SMILES string of the molecule is CN(Cc1ccccn1)c1ccc(C(N)=S)c(Br)c1. The van der Waals surface area contributed by atoms with Crippen molar-refractivity contribution >= 4 is 38.8 Å². The normalized spacial score (nSPS) is 10.2. The summed E-state index contributed by atoms with van der Waals surface area (Å²) in [6.07, 6.45) is 1.80. The molecule has 98 valence electrons. The lowest BCUT2D eigenvalue weighted by Crippen LogP contribution is -2.18. The van der Waals surface area contributed by atoms with Crippen molar-refractivity contribution in [1.82, 2.24) is 4.98 Å². The van der Waals surface area contributed by atoms with E-state index >= 15 is 0 Å². The Morgan fingerprint density at radius 2 is 2.16 bits per heavy atom. The minimum absolute atomic E-state index is 0.394. The van der Waals surface area contributed by atoms with Crippen LogP contribution in [0.5, 0.6) is 0 Å². The number of rotatable bonds is 4. The average molecular weight is 336 g/mol. The number of pyridine rings is 1. The van der Waals surface area contributed by atoms with Crippen molar-refractivity contribution in [2.45, 2.75) is 6.54 Å². The summed E-state index contributed by atoms with van der Waals surface area (Å²) < 4.78 is 0.908. The summed E-state index contributed by atoms with van der Waals surface area (Å²) in [5.41, 5.74) is 8.60. The standard InChI is InChI=1S/C14H14BrN3S/c1-18(9-10-4-2-3-7-17-10)11-5-6-12(14(16)19)13(15)8-11/h2-8H,9H2,1H3,(H2,16,19). The topological polar surface area (TPSA) is 42.2 Å². The first-order valence-corrected chi connectivity index (χ1v) is 6.98. The smallest absolute Gasteiger partial charge is 0.105 e. The molecule has 0 saturated carbocycles. The van der Waals surface area contributed by atoms with E-state index in [0.717, 1.165) is 28.0 Å². The summed E-state index contributed by atoms with van der Waals surface area (Å²) in [7, 11) is 2.02. The maximum Gasteiger partial charge on any atom is 0.105 e. The predicted molar refractivity (Wildman–Crippen MR) is 86.4 cm³/mol. The molecule has 19 heavy (non-hydrogen) atoms. The first-order chi connectivity index (χ1) is 9.08. The van der Waals surface area contributed by atoms with Crippen LogP contribution in [0, 0.1) is 0 Å². The number of nitrogens with two attached hydrogens (primary N) is 1. The highest BCUT2D eigenvalue weighted by Gasteiger charge is 2.07. The molecule has 2 N–H and O–H groups in total. The van der Waals surface area contributed by atoms with E-state index in [1.165, 1.54) is 0 Å². The van der Waals surface area contributed by atoms with E-state index in [1.807, 2.05) is 43.4 Å². The zero-order valence-electron chi connectivity index (χ0n) is 10.5. The summed E-state index contributed by atoms with van der Waals surface area (Å²) in [5.74, 6) is 0. The largest absolute Gasteiger partial charge is 0.389 e. The molecule has 0 radical (unpaired) electrons. The van der Waals surface area contributed by atoms with Gasteiger partial charge in [0.1, 0.15) is 4.99 Å². The van der Waals surface area contributed by atoms with Gasteiger partial charge in [0.05, 0.1) is 12.2 Å². The van der Waals surface area contributed by atoms with Gasteiger partial charge in [-0.15, -0.1) is 0 Å². The third-order valence-electron chi connectivity index (χ3n) is 2.78. The monoisotopic (exact) mass is 335 g/mol. The van der Waals surface area contributed by atoms with E-state index in [4.69, 9.17) is 18.0 Å². The van der Waals surface area contributed by atoms with Gasteiger partial charge in [-0.05, 0) is 46.3 Å². The van der Waals surface area contributed by atoms with Crippen LogP contribution in [-0.2, 0) is 6.54 Å². The lowest BCUT2D eigenvalue weighted by Gasteiger charge is -2.19. The third kappa shape index (κ3) is 3.52. The number of halogens is 1. The van der Waals surface area contributed by atoms with Crippen molar-refractivity contribution in [3.8, 4) is 0 Å². The average Bonchev–Trinajstić information content (AvgIpc) is 2.39. The highest BCUT2D eigenvalue weighted by Crippen LogP contribution is 2.24. The number of aromatic nitrogens is 1. The van der Waals surface area contributed by atoms with Gasteiger partial charge < -0.3 is 10.6 Å². The summed E-state index contributed by atoms with van der Waals surface area (Å²) in [4.78, 5) is 6.83. The molecular formula is C14H14BrN3S. The Balaban J connectivity index is 2.18. The molecule has 1 aromatic carbocycles. The Hall–Kier alpha value is -1.46. The fourth-order valence-electron chi connectivity index (χ4n) is 1.77. The van der Waals surface area contributed by atoms with Crippen LogP contribution in [0.15, 0.2) is 47.1 Å². The van der Waals surface area contributed by atoms with Gasteiger partial charge in [-0.1, -0.05) is 18.3 Å². The zero-order chi connectivity index (χ0) is 13.8. The Labute approximate surface area is 126 Å². The molecule has 0 fully saturated rings. The molecule has 0 bridgehead atoms. The van der Waals surface area contributed by atoms with Gasteiger partial charge in [0.25, 0.3) is 0 Å². The second-order valence-electron chi connectivity index (χ2n) is 4.21. The highest BCUT2D eigenvalue weighted by molar-refractivity contribution is 9.10. The highest BCUT2D eigenvalue weighted by atomic mass is 79.9. The van der Waals surface area contributed by atoms with Crippen molar-refractivity contribution in [2.75, 3.05) is 11.9 Å². The Bertz CT molecular complexity index is 586. The van der Waals surface area contributed by atoms with E-state index < -0.39 is 0 Å². The molecule has 0 saturated heterocycles. The number of nitrogens with zero attached hydrogens (tertiary/aromatic N) is 2. The minimum atomic E-state index is 0.394. The Morgan fingerprint density at radius 3 is 2.74 bits per heavy atom. The van der Waals surface area contributed by atoms with Crippen LogP contribution in [0.3, 0.4) is 0 Å². The molecule has 0 atom stereocenters. The van der Waals surface area contributed by atoms with Gasteiger partial charge in [-0.25, -0.2) is 0 Å².